The first-order valence-corrected chi connectivity index (χ1v) is 6.25. The van der Waals surface area contributed by atoms with Crippen molar-refractivity contribution in [1.82, 2.24) is 0 Å². The average Bonchev–Trinajstić information content (AvgIpc) is 2.26. The Hall–Kier alpha value is -0.780. The monoisotopic (exact) mass is 205 g/mol. The molecule has 0 unspecified atom stereocenters. The lowest BCUT2D eigenvalue weighted by atomic mass is 10.1. The molecule has 15 heavy (non-hydrogen) atoms. The molecule has 0 bridgehead atoms. The van der Waals surface area contributed by atoms with Crippen LogP contribution in [0.1, 0.15) is 58.3 Å². The van der Waals surface area contributed by atoms with Gasteiger partial charge in [0.15, 0.2) is 0 Å². The highest BCUT2D eigenvalue weighted by Crippen LogP contribution is 2.03. The van der Waals surface area contributed by atoms with Crippen LogP contribution in [0.3, 0.4) is 0 Å². The van der Waals surface area contributed by atoms with Crippen LogP contribution in [0, 0.1) is 6.58 Å². The minimum absolute atomic E-state index is 1.03. The molecular formula is C15H25. The van der Waals surface area contributed by atoms with Gasteiger partial charge in [-0.25, -0.2) is 0 Å². The number of allylic oxidation sites excluding steroid dienone is 5. The molecule has 0 heterocycles. The molecule has 0 heteroatoms. The van der Waals surface area contributed by atoms with Crippen LogP contribution in [0.4, 0.5) is 0 Å². The van der Waals surface area contributed by atoms with Crippen molar-refractivity contribution in [1.29, 1.82) is 0 Å². The summed E-state index contributed by atoms with van der Waals surface area (Å²) in [5, 5.41) is 0. The molecule has 0 amide bonds. The van der Waals surface area contributed by atoms with Crippen molar-refractivity contribution in [3.05, 3.63) is 37.0 Å². The van der Waals surface area contributed by atoms with E-state index in [0.29, 0.717) is 0 Å². The maximum absolute atomic E-state index is 5.29. The summed E-state index contributed by atoms with van der Waals surface area (Å²) in [6, 6.07) is 0. The van der Waals surface area contributed by atoms with E-state index in [1.807, 2.05) is 0 Å². The van der Waals surface area contributed by atoms with Crippen LogP contribution in [0.2, 0.25) is 0 Å². The summed E-state index contributed by atoms with van der Waals surface area (Å²) in [4.78, 5) is 0. The Morgan fingerprint density at radius 3 is 1.80 bits per heavy atom. The maximum atomic E-state index is 5.29. The Kier molecular flexibility index (Phi) is 12.5. The molecule has 0 aliphatic heterocycles. The van der Waals surface area contributed by atoms with Gasteiger partial charge in [0.1, 0.15) is 0 Å². The quantitative estimate of drug-likeness (QED) is 0.338. The average molecular weight is 205 g/mol. The summed E-state index contributed by atoms with van der Waals surface area (Å²) in [5.74, 6) is 0. The number of rotatable bonds is 10. The Bertz CT molecular complexity index is 174. The van der Waals surface area contributed by atoms with Crippen LogP contribution >= 0.6 is 0 Å². The molecule has 0 fully saturated rings. The van der Waals surface area contributed by atoms with Gasteiger partial charge in [0.05, 0.1) is 0 Å². The summed E-state index contributed by atoms with van der Waals surface area (Å²) in [6.07, 6.45) is 20.5. The van der Waals surface area contributed by atoms with E-state index in [-0.39, 0.29) is 0 Å². The predicted octanol–water partition coefficient (Wildman–Crippen LogP) is 5.23. The van der Waals surface area contributed by atoms with Crippen molar-refractivity contribution in [2.75, 3.05) is 0 Å². The molecule has 0 aliphatic carbocycles. The highest BCUT2D eigenvalue weighted by atomic mass is 13.9. The van der Waals surface area contributed by atoms with Crippen LogP contribution in [-0.4, -0.2) is 0 Å². The SMILES string of the molecule is [CH]=CCCCC=CCCCCC=CCC. The molecule has 0 atom stereocenters. The van der Waals surface area contributed by atoms with Crippen molar-refractivity contribution in [3.63, 3.8) is 0 Å². The van der Waals surface area contributed by atoms with Crippen molar-refractivity contribution in [3.8, 4) is 0 Å². The van der Waals surface area contributed by atoms with E-state index in [9.17, 15) is 0 Å². The number of hydrogen-bond acceptors (Lipinski definition) is 0. The van der Waals surface area contributed by atoms with E-state index in [2.05, 4.69) is 31.2 Å². The van der Waals surface area contributed by atoms with Gasteiger partial charge in [0.2, 0.25) is 0 Å². The molecule has 85 valence electrons. The molecule has 0 rings (SSSR count). The van der Waals surface area contributed by atoms with Gasteiger partial charge in [-0.3, -0.25) is 0 Å². The van der Waals surface area contributed by atoms with E-state index >= 15 is 0 Å². The van der Waals surface area contributed by atoms with E-state index in [1.165, 1.54) is 38.5 Å². The highest BCUT2D eigenvalue weighted by molar-refractivity contribution is 4.83. The van der Waals surface area contributed by atoms with E-state index < -0.39 is 0 Å². The van der Waals surface area contributed by atoms with Gasteiger partial charge < -0.3 is 0 Å². The third-order valence-corrected chi connectivity index (χ3v) is 2.30. The second-order valence-electron chi connectivity index (χ2n) is 3.80. The van der Waals surface area contributed by atoms with Crippen LogP contribution in [0.15, 0.2) is 30.4 Å². The highest BCUT2D eigenvalue weighted by Gasteiger charge is 1.83. The van der Waals surface area contributed by atoms with Gasteiger partial charge in [-0.2, -0.15) is 0 Å². The molecule has 0 aromatic carbocycles. The first-order chi connectivity index (χ1) is 7.41. The zero-order valence-corrected chi connectivity index (χ0v) is 10.1. The lowest BCUT2D eigenvalue weighted by Gasteiger charge is -1.93. The third-order valence-electron chi connectivity index (χ3n) is 2.30. The predicted molar refractivity (Wildman–Crippen MR) is 69.8 cm³/mol. The standard InChI is InChI=1S/C15H25/c1-3-5-7-9-11-13-15-14-12-10-8-6-4-2/h1,3,6,8,11,13H,4-5,7,9-10,12,14-15H2,2H3. The molecule has 0 N–H and O–H groups in total. The molecule has 0 aliphatic rings. The molecule has 0 nitrogen and oxygen atoms in total. The van der Waals surface area contributed by atoms with E-state index in [1.54, 1.807) is 6.08 Å². The number of hydrogen-bond donors (Lipinski definition) is 0. The van der Waals surface area contributed by atoms with Gasteiger partial charge in [0.25, 0.3) is 0 Å². The Morgan fingerprint density at radius 1 is 0.733 bits per heavy atom. The second-order valence-corrected chi connectivity index (χ2v) is 3.80. The molecule has 0 spiro atoms. The topological polar surface area (TPSA) is 0 Å². The minimum atomic E-state index is 1.03. The molecular weight excluding hydrogens is 180 g/mol. The molecule has 0 aromatic heterocycles. The second kappa shape index (κ2) is 13.2. The number of unbranched alkanes of at least 4 members (excludes halogenated alkanes) is 5. The van der Waals surface area contributed by atoms with Crippen LogP contribution in [0.5, 0.6) is 0 Å². The summed E-state index contributed by atoms with van der Waals surface area (Å²) < 4.78 is 0. The lowest BCUT2D eigenvalue weighted by Crippen LogP contribution is -1.73. The summed E-state index contributed by atoms with van der Waals surface area (Å²) in [6.45, 7) is 7.47. The van der Waals surface area contributed by atoms with Crippen molar-refractivity contribution < 1.29 is 0 Å². The summed E-state index contributed by atoms with van der Waals surface area (Å²) in [7, 11) is 0. The van der Waals surface area contributed by atoms with E-state index in [0.717, 1.165) is 12.8 Å². The largest absolute Gasteiger partial charge is 0.0888 e. The first kappa shape index (κ1) is 14.2. The third kappa shape index (κ3) is 13.2. The fourth-order valence-corrected chi connectivity index (χ4v) is 1.40. The van der Waals surface area contributed by atoms with E-state index in [4.69, 9.17) is 6.58 Å². The molecule has 0 aromatic rings. The van der Waals surface area contributed by atoms with Gasteiger partial charge in [-0.05, 0) is 51.4 Å². The van der Waals surface area contributed by atoms with Crippen molar-refractivity contribution in [2.45, 2.75) is 58.3 Å². The van der Waals surface area contributed by atoms with Gasteiger partial charge in [0, 0.05) is 0 Å². The Labute approximate surface area is 95.8 Å². The molecule has 0 saturated heterocycles. The van der Waals surface area contributed by atoms with Gasteiger partial charge in [-0.1, -0.05) is 43.9 Å². The van der Waals surface area contributed by atoms with Crippen LogP contribution in [-0.2, 0) is 0 Å². The fraction of sp³-hybridized carbons (Fsp3) is 0.600. The maximum Gasteiger partial charge on any atom is -0.0345 e. The zero-order chi connectivity index (χ0) is 11.2. The Morgan fingerprint density at radius 2 is 1.27 bits per heavy atom. The fourth-order valence-electron chi connectivity index (χ4n) is 1.40. The smallest absolute Gasteiger partial charge is 0.0345 e. The van der Waals surface area contributed by atoms with Crippen LogP contribution in [0.25, 0.3) is 0 Å². The van der Waals surface area contributed by atoms with Crippen molar-refractivity contribution in [2.24, 2.45) is 0 Å². The normalized spacial score (nSPS) is 11.5. The summed E-state index contributed by atoms with van der Waals surface area (Å²) >= 11 is 0. The summed E-state index contributed by atoms with van der Waals surface area (Å²) in [5.41, 5.74) is 0. The first-order valence-electron chi connectivity index (χ1n) is 6.25. The minimum Gasteiger partial charge on any atom is -0.0888 e. The van der Waals surface area contributed by atoms with Crippen LogP contribution < -0.4 is 0 Å². The lowest BCUT2D eigenvalue weighted by molar-refractivity contribution is 0.757. The van der Waals surface area contributed by atoms with Crippen molar-refractivity contribution >= 4 is 0 Å². The van der Waals surface area contributed by atoms with Gasteiger partial charge >= 0.3 is 0 Å². The molecule has 1 radical (unpaired) electrons. The Balaban J connectivity index is 3.09. The molecule has 0 saturated carbocycles. The zero-order valence-electron chi connectivity index (χ0n) is 10.1. The van der Waals surface area contributed by atoms with Gasteiger partial charge in [-0.15, -0.1) is 0 Å².